The third kappa shape index (κ3) is 4.02. The van der Waals surface area contributed by atoms with Crippen molar-refractivity contribution in [1.29, 1.82) is 0 Å². The number of nitrogens with zero attached hydrogens (tertiary/aromatic N) is 2. The molecule has 9 heteroatoms. The SMILES string of the molecule is O=C(OCc1ccccc1)c1cc(-c2ccc(F)cc2F)c2nc(Cl)c(F)cn2c1=O. The Balaban J connectivity index is 1.88. The van der Waals surface area contributed by atoms with Gasteiger partial charge in [0, 0.05) is 17.2 Å². The Morgan fingerprint density at radius 2 is 1.74 bits per heavy atom. The molecule has 2 aromatic heterocycles. The van der Waals surface area contributed by atoms with Crippen LogP contribution in [-0.4, -0.2) is 15.4 Å². The molecule has 0 fully saturated rings. The van der Waals surface area contributed by atoms with E-state index >= 15 is 0 Å². The number of hydrogen-bond donors (Lipinski definition) is 0. The quantitative estimate of drug-likeness (QED) is 0.335. The molecule has 0 aliphatic rings. The van der Waals surface area contributed by atoms with Crippen LogP contribution in [-0.2, 0) is 11.3 Å². The second-order valence-corrected chi connectivity index (χ2v) is 6.89. The number of ether oxygens (including phenoxy) is 1. The summed E-state index contributed by atoms with van der Waals surface area (Å²) in [5.74, 6) is -3.80. The minimum atomic E-state index is -1.02. The molecule has 0 spiro atoms. The fourth-order valence-corrected chi connectivity index (χ4v) is 3.16. The van der Waals surface area contributed by atoms with Gasteiger partial charge in [-0.2, -0.15) is 0 Å². The van der Waals surface area contributed by atoms with E-state index in [-0.39, 0.29) is 23.4 Å². The number of hydrogen-bond acceptors (Lipinski definition) is 4. The van der Waals surface area contributed by atoms with E-state index in [2.05, 4.69) is 4.98 Å². The molecule has 0 saturated heterocycles. The monoisotopic (exact) mass is 444 g/mol. The highest BCUT2D eigenvalue weighted by atomic mass is 35.5. The molecule has 0 N–H and O–H groups in total. The molecule has 2 heterocycles. The van der Waals surface area contributed by atoms with Crippen LogP contribution in [0.1, 0.15) is 15.9 Å². The summed E-state index contributed by atoms with van der Waals surface area (Å²) in [4.78, 5) is 29.3. The van der Waals surface area contributed by atoms with Crippen LogP contribution in [0, 0.1) is 17.5 Å². The molecule has 2 aromatic carbocycles. The summed E-state index contributed by atoms with van der Waals surface area (Å²) in [6, 6.07) is 12.6. The Morgan fingerprint density at radius 3 is 2.45 bits per heavy atom. The first kappa shape index (κ1) is 20.6. The van der Waals surface area contributed by atoms with Crippen molar-refractivity contribution in [3.63, 3.8) is 0 Å². The summed E-state index contributed by atoms with van der Waals surface area (Å²) < 4.78 is 47.8. The zero-order chi connectivity index (χ0) is 22.1. The summed E-state index contributed by atoms with van der Waals surface area (Å²) in [7, 11) is 0. The minimum Gasteiger partial charge on any atom is -0.457 e. The van der Waals surface area contributed by atoms with Gasteiger partial charge in [0.25, 0.3) is 5.56 Å². The van der Waals surface area contributed by atoms with Gasteiger partial charge in [0.15, 0.2) is 11.0 Å². The Labute approximate surface area is 178 Å². The molecule has 4 aromatic rings. The topological polar surface area (TPSA) is 60.7 Å². The lowest BCUT2D eigenvalue weighted by molar-refractivity contribution is 0.0470. The molecule has 0 unspecified atom stereocenters. The van der Waals surface area contributed by atoms with Crippen LogP contribution in [0.5, 0.6) is 0 Å². The molecule has 0 aliphatic heterocycles. The maximum Gasteiger partial charge on any atom is 0.344 e. The van der Waals surface area contributed by atoms with Gasteiger partial charge in [-0.15, -0.1) is 0 Å². The van der Waals surface area contributed by atoms with Gasteiger partial charge >= 0.3 is 5.97 Å². The van der Waals surface area contributed by atoms with Crippen molar-refractivity contribution in [1.82, 2.24) is 9.38 Å². The number of aromatic nitrogens is 2. The third-order valence-electron chi connectivity index (χ3n) is 4.50. The lowest BCUT2D eigenvalue weighted by Crippen LogP contribution is -2.25. The summed E-state index contributed by atoms with van der Waals surface area (Å²) in [5.41, 5.74) is -1.16. The van der Waals surface area contributed by atoms with Gasteiger partial charge in [-0.3, -0.25) is 9.20 Å². The van der Waals surface area contributed by atoms with Crippen molar-refractivity contribution in [3.8, 4) is 11.1 Å². The molecular formula is C22H12ClF3N2O3. The van der Waals surface area contributed by atoms with Gasteiger partial charge in [-0.1, -0.05) is 41.9 Å². The van der Waals surface area contributed by atoms with Crippen molar-refractivity contribution in [2.24, 2.45) is 0 Å². The van der Waals surface area contributed by atoms with Crippen molar-refractivity contribution < 1.29 is 22.7 Å². The molecule has 4 rings (SSSR count). The van der Waals surface area contributed by atoms with Crippen LogP contribution in [0.2, 0.25) is 5.15 Å². The number of carbonyl (C=O) groups is 1. The number of halogens is 4. The van der Waals surface area contributed by atoms with Crippen LogP contribution in [0.4, 0.5) is 13.2 Å². The first-order valence-electron chi connectivity index (χ1n) is 8.93. The maximum atomic E-state index is 14.5. The highest BCUT2D eigenvalue weighted by Gasteiger charge is 2.22. The van der Waals surface area contributed by atoms with E-state index in [1.807, 2.05) is 0 Å². The Kier molecular flexibility index (Phi) is 5.48. The largest absolute Gasteiger partial charge is 0.457 e. The molecule has 31 heavy (non-hydrogen) atoms. The lowest BCUT2D eigenvalue weighted by Gasteiger charge is -2.12. The van der Waals surface area contributed by atoms with E-state index in [1.165, 1.54) is 0 Å². The third-order valence-corrected chi connectivity index (χ3v) is 4.77. The van der Waals surface area contributed by atoms with Crippen molar-refractivity contribution >= 4 is 23.2 Å². The molecule has 0 saturated carbocycles. The fourth-order valence-electron chi connectivity index (χ4n) is 3.03. The number of benzene rings is 2. The van der Waals surface area contributed by atoms with Crippen molar-refractivity contribution in [2.45, 2.75) is 6.61 Å². The van der Waals surface area contributed by atoms with Crippen LogP contribution >= 0.6 is 11.6 Å². The lowest BCUT2D eigenvalue weighted by atomic mass is 10.0. The normalized spacial score (nSPS) is 11.0. The van der Waals surface area contributed by atoms with Gasteiger partial charge in [-0.05, 0) is 23.8 Å². The zero-order valence-corrected chi connectivity index (χ0v) is 16.4. The Hall–Kier alpha value is -3.65. The molecule has 0 radical (unpaired) electrons. The van der Waals surface area contributed by atoms with Crippen LogP contribution in [0.3, 0.4) is 0 Å². The molecule has 0 bridgehead atoms. The van der Waals surface area contributed by atoms with Crippen LogP contribution in [0.25, 0.3) is 16.8 Å². The van der Waals surface area contributed by atoms with Gasteiger partial charge in [0.05, 0.1) is 6.20 Å². The molecular weight excluding hydrogens is 433 g/mol. The van der Waals surface area contributed by atoms with E-state index < -0.39 is 39.7 Å². The zero-order valence-electron chi connectivity index (χ0n) is 15.6. The van der Waals surface area contributed by atoms with Crippen molar-refractivity contribution in [2.75, 3.05) is 0 Å². The van der Waals surface area contributed by atoms with Crippen LogP contribution in [0.15, 0.2) is 65.6 Å². The first-order chi connectivity index (χ1) is 14.8. The van der Waals surface area contributed by atoms with E-state index in [0.29, 0.717) is 11.6 Å². The van der Waals surface area contributed by atoms with Crippen LogP contribution < -0.4 is 5.56 Å². The van der Waals surface area contributed by atoms with E-state index in [4.69, 9.17) is 16.3 Å². The Bertz CT molecular complexity index is 1370. The molecule has 0 amide bonds. The number of carbonyl (C=O) groups excluding carboxylic acids is 1. The number of rotatable bonds is 4. The summed E-state index contributed by atoms with van der Waals surface area (Å²) in [6.45, 7) is -0.116. The maximum absolute atomic E-state index is 14.5. The van der Waals surface area contributed by atoms with E-state index in [0.717, 1.165) is 28.8 Å². The second-order valence-electron chi connectivity index (χ2n) is 6.54. The summed E-state index contributed by atoms with van der Waals surface area (Å²) in [5, 5.41) is -0.553. The Morgan fingerprint density at radius 1 is 1.00 bits per heavy atom. The predicted molar refractivity (Wildman–Crippen MR) is 107 cm³/mol. The number of esters is 1. The molecule has 0 atom stereocenters. The van der Waals surface area contributed by atoms with Gasteiger partial charge in [-0.25, -0.2) is 22.9 Å². The number of pyridine rings is 1. The summed E-state index contributed by atoms with van der Waals surface area (Å²) in [6.07, 6.45) is 0.742. The van der Waals surface area contributed by atoms with Gasteiger partial charge < -0.3 is 4.74 Å². The van der Waals surface area contributed by atoms with Gasteiger partial charge in [0.2, 0.25) is 0 Å². The molecule has 0 aliphatic carbocycles. The van der Waals surface area contributed by atoms with Gasteiger partial charge in [0.1, 0.15) is 29.5 Å². The number of fused-ring (bicyclic) bond motifs is 1. The van der Waals surface area contributed by atoms with E-state index in [1.54, 1.807) is 30.3 Å². The standard InChI is InChI=1S/C22H12ClF3N2O3/c23-19-18(26)10-28-20(27-19)15(14-7-6-13(24)8-17(14)25)9-16(21(28)29)22(30)31-11-12-4-2-1-3-5-12/h1-10H,11H2. The first-order valence-corrected chi connectivity index (χ1v) is 9.31. The minimum absolute atomic E-state index is 0.0642. The highest BCUT2D eigenvalue weighted by Crippen LogP contribution is 2.28. The fraction of sp³-hybridized carbons (Fsp3) is 0.0455. The molecule has 5 nitrogen and oxygen atoms in total. The van der Waals surface area contributed by atoms with E-state index in [9.17, 15) is 22.8 Å². The smallest absolute Gasteiger partial charge is 0.344 e. The van der Waals surface area contributed by atoms with Crippen molar-refractivity contribution in [3.05, 3.63) is 105 Å². The highest BCUT2D eigenvalue weighted by molar-refractivity contribution is 6.29. The molecule has 156 valence electrons. The summed E-state index contributed by atoms with van der Waals surface area (Å²) >= 11 is 5.74. The average Bonchev–Trinajstić information content (AvgIpc) is 2.75. The second kappa shape index (κ2) is 8.23. The average molecular weight is 445 g/mol. The predicted octanol–water partition coefficient (Wildman–Crippen LogP) is 4.79.